The number of hydrogen-bond donors (Lipinski definition) is 3. The topological polar surface area (TPSA) is 92.9 Å². The van der Waals surface area contributed by atoms with E-state index in [-0.39, 0.29) is 11.5 Å². The van der Waals surface area contributed by atoms with Crippen molar-refractivity contribution in [1.82, 2.24) is 15.4 Å². The van der Waals surface area contributed by atoms with Gasteiger partial charge in [-0.2, -0.15) is 0 Å². The molecule has 4 N–H and O–H groups in total. The van der Waals surface area contributed by atoms with Crippen molar-refractivity contribution in [3.63, 3.8) is 0 Å². The van der Waals surface area contributed by atoms with Crippen molar-refractivity contribution < 1.29 is 13.6 Å². The maximum absolute atomic E-state index is 14.1. The molecule has 23 heavy (non-hydrogen) atoms. The van der Waals surface area contributed by atoms with Gasteiger partial charge < -0.3 is 5.32 Å². The maximum Gasteiger partial charge on any atom is 0.268 e. The van der Waals surface area contributed by atoms with Crippen LogP contribution in [0.15, 0.2) is 30.6 Å². The molecule has 1 aliphatic rings. The third kappa shape index (κ3) is 2.85. The number of hydrazine groups is 1. The summed E-state index contributed by atoms with van der Waals surface area (Å²) in [6.07, 6.45) is 4.93. The first-order valence-electron chi connectivity index (χ1n) is 7.11. The number of amides is 1. The molecule has 6 nitrogen and oxygen atoms in total. The molecule has 1 aromatic carbocycles. The fraction of sp³-hybridized carbons (Fsp3) is 0.267. The van der Waals surface area contributed by atoms with Gasteiger partial charge in [-0.15, -0.1) is 0 Å². The van der Waals surface area contributed by atoms with E-state index >= 15 is 0 Å². The first kappa shape index (κ1) is 15.3. The van der Waals surface area contributed by atoms with Gasteiger partial charge in [0.25, 0.3) is 5.91 Å². The second-order valence-corrected chi connectivity index (χ2v) is 5.45. The Kier molecular flexibility index (Phi) is 3.91. The van der Waals surface area contributed by atoms with Crippen LogP contribution in [0.4, 0.5) is 14.7 Å². The second kappa shape index (κ2) is 5.88. The van der Waals surface area contributed by atoms with E-state index in [1.165, 1.54) is 24.5 Å². The quantitative estimate of drug-likeness (QED) is 0.454. The van der Waals surface area contributed by atoms with Crippen molar-refractivity contribution in [2.75, 3.05) is 5.32 Å². The van der Waals surface area contributed by atoms with Gasteiger partial charge in [-0.3, -0.25) is 10.2 Å². The number of rotatable bonds is 4. The number of hydrogen-bond acceptors (Lipinski definition) is 5. The zero-order valence-corrected chi connectivity index (χ0v) is 12.1. The Labute approximate surface area is 131 Å². The van der Waals surface area contributed by atoms with Crippen molar-refractivity contribution in [3.8, 4) is 0 Å². The molecule has 2 aromatic rings. The molecule has 0 radical (unpaired) electrons. The molecular weight excluding hydrogens is 304 g/mol. The molecule has 3 rings (SSSR count). The Balaban J connectivity index is 1.86. The second-order valence-electron chi connectivity index (χ2n) is 5.45. The van der Waals surface area contributed by atoms with Gasteiger partial charge in [0.1, 0.15) is 11.6 Å². The summed E-state index contributed by atoms with van der Waals surface area (Å²) in [6.45, 7) is 0. The van der Waals surface area contributed by atoms with E-state index in [2.05, 4.69) is 15.3 Å². The molecule has 0 spiro atoms. The van der Waals surface area contributed by atoms with E-state index in [0.29, 0.717) is 18.4 Å². The van der Waals surface area contributed by atoms with E-state index in [9.17, 15) is 13.6 Å². The third-order valence-electron chi connectivity index (χ3n) is 4.05. The van der Waals surface area contributed by atoms with Crippen LogP contribution in [0, 0.1) is 11.6 Å². The van der Waals surface area contributed by atoms with E-state index in [0.717, 1.165) is 12.5 Å². The number of halogens is 2. The normalized spacial score (nSPS) is 15.6. The molecule has 1 aliphatic carbocycles. The van der Waals surface area contributed by atoms with E-state index in [1.54, 1.807) is 0 Å². The van der Waals surface area contributed by atoms with Crippen LogP contribution in [-0.2, 0) is 5.54 Å². The molecule has 1 fully saturated rings. The predicted molar refractivity (Wildman–Crippen MR) is 79.2 cm³/mol. The lowest BCUT2D eigenvalue weighted by Crippen LogP contribution is -2.43. The number of carbonyl (C=O) groups is 1. The van der Waals surface area contributed by atoms with Gasteiger partial charge >= 0.3 is 0 Å². The van der Waals surface area contributed by atoms with Crippen molar-refractivity contribution in [1.29, 1.82) is 0 Å². The first-order chi connectivity index (χ1) is 11.0. The molecule has 0 unspecified atom stereocenters. The smallest absolute Gasteiger partial charge is 0.268 e. The predicted octanol–water partition coefficient (Wildman–Crippen LogP) is 1.85. The molecule has 0 atom stereocenters. The number of nitrogen functional groups attached to an aromatic ring is 1. The van der Waals surface area contributed by atoms with E-state index in [1.807, 2.05) is 5.43 Å². The average Bonchev–Trinajstić information content (AvgIpc) is 2.51. The van der Waals surface area contributed by atoms with Crippen LogP contribution in [-0.4, -0.2) is 15.9 Å². The van der Waals surface area contributed by atoms with Crippen LogP contribution in [0.1, 0.15) is 35.2 Å². The molecule has 0 aliphatic heterocycles. The lowest BCUT2D eigenvalue weighted by molar-refractivity contribution is 0.0953. The Morgan fingerprint density at radius 3 is 2.43 bits per heavy atom. The van der Waals surface area contributed by atoms with Gasteiger partial charge in [-0.1, -0.05) is 6.07 Å². The third-order valence-corrected chi connectivity index (χ3v) is 4.05. The molecule has 1 aromatic heterocycles. The van der Waals surface area contributed by atoms with Crippen LogP contribution in [0.5, 0.6) is 0 Å². The lowest BCUT2D eigenvalue weighted by atomic mass is 9.71. The standard InChI is InChI=1S/C15H15F2N5O/c16-10-2-3-11(12(17)6-10)15(4-1-5-15)21-14-19-7-9(8-20-14)13(23)22-18/h2-3,6-8H,1,4-5,18H2,(H,22,23)(H,19,20,21). The van der Waals surface area contributed by atoms with Crippen LogP contribution in [0.25, 0.3) is 0 Å². The zero-order chi connectivity index (χ0) is 16.4. The van der Waals surface area contributed by atoms with E-state index < -0.39 is 23.1 Å². The van der Waals surface area contributed by atoms with E-state index in [4.69, 9.17) is 5.84 Å². The molecule has 120 valence electrons. The number of nitrogens with zero attached hydrogens (tertiary/aromatic N) is 2. The Bertz CT molecular complexity index is 731. The molecule has 0 bridgehead atoms. The summed E-state index contributed by atoms with van der Waals surface area (Å²) in [4.78, 5) is 19.5. The van der Waals surface area contributed by atoms with Crippen LogP contribution >= 0.6 is 0 Å². The minimum atomic E-state index is -0.657. The highest BCUT2D eigenvalue weighted by Gasteiger charge is 2.41. The van der Waals surface area contributed by atoms with Crippen molar-refractivity contribution >= 4 is 11.9 Å². The maximum atomic E-state index is 14.1. The first-order valence-corrected chi connectivity index (χ1v) is 7.11. The Hall–Kier alpha value is -2.61. The number of aromatic nitrogens is 2. The summed E-state index contributed by atoms with van der Waals surface area (Å²) in [5.74, 6) is 3.58. The summed E-state index contributed by atoms with van der Waals surface area (Å²) >= 11 is 0. The number of nitrogens with one attached hydrogen (secondary N) is 2. The molecular formula is C15H15F2N5O. The van der Waals surface area contributed by atoms with Gasteiger partial charge in [0, 0.05) is 24.0 Å². The van der Waals surface area contributed by atoms with Crippen molar-refractivity contribution in [3.05, 3.63) is 53.4 Å². The summed E-state index contributed by atoms with van der Waals surface area (Å²) in [5.41, 5.74) is 1.93. The van der Waals surface area contributed by atoms with Gasteiger partial charge in [0.05, 0.1) is 11.1 Å². The largest absolute Gasteiger partial charge is 0.345 e. The molecule has 0 saturated heterocycles. The number of anilines is 1. The minimum Gasteiger partial charge on any atom is -0.345 e. The molecule has 1 saturated carbocycles. The van der Waals surface area contributed by atoms with Crippen LogP contribution in [0.2, 0.25) is 0 Å². The zero-order valence-electron chi connectivity index (χ0n) is 12.1. The lowest BCUT2D eigenvalue weighted by Gasteiger charge is -2.43. The van der Waals surface area contributed by atoms with Crippen LogP contribution < -0.4 is 16.6 Å². The van der Waals surface area contributed by atoms with Gasteiger partial charge in [-0.05, 0) is 25.3 Å². The highest BCUT2D eigenvalue weighted by Crippen LogP contribution is 2.44. The van der Waals surface area contributed by atoms with Crippen LogP contribution in [0.3, 0.4) is 0 Å². The molecule has 1 amide bonds. The van der Waals surface area contributed by atoms with Crippen molar-refractivity contribution in [2.45, 2.75) is 24.8 Å². The summed E-state index contributed by atoms with van der Waals surface area (Å²) in [5, 5.41) is 3.10. The number of benzene rings is 1. The summed E-state index contributed by atoms with van der Waals surface area (Å²) < 4.78 is 27.2. The Morgan fingerprint density at radius 2 is 1.91 bits per heavy atom. The van der Waals surface area contributed by atoms with Gasteiger partial charge in [-0.25, -0.2) is 24.6 Å². The molecule has 1 heterocycles. The van der Waals surface area contributed by atoms with Gasteiger partial charge in [0.15, 0.2) is 0 Å². The number of nitrogens with two attached hydrogens (primary N) is 1. The Morgan fingerprint density at radius 1 is 1.22 bits per heavy atom. The van der Waals surface area contributed by atoms with Gasteiger partial charge in [0.2, 0.25) is 5.95 Å². The minimum absolute atomic E-state index is 0.216. The summed E-state index contributed by atoms with van der Waals surface area (Å²) in [6, 6.07) is 3.54. The fourth-order valence-electron chi connectivity index (χ4n) is 2.68. The monoisotopic (exact) mass is 319 g/mol. The fourth-order valence-corrected chi connectivity index (χ4v) is 2.68. The van der Waals surface area contributed by atoms with Crippen molar-refractivity contribution in [2.24, 2.45) is 5.84 Å². The average molecular weight is 319 g/mol. The summed E-state index contributed by atoms with van der Waals surface area (Å²) in [7, 11) is 0. The highest BCUT2D eigenvalue weighted by molar-refractivity contribution is 5.93. The SMILES string of the molecule is NNC(=O)c1cnc(NC2(c3ccc(F)cc3F)CCC2)nc1. The molecule has 8 heteroatoms. The highest BCUT2D eigenvalue weighted by atomic mass is 19.1. The number of carbonyl (C=O) groups excluding carboxylic acids is 1.